The topological polar surface area (TPSA) is 72.5 Å². The van der Waals surface area contributed by atoms with Gasteiger partial charge in [-0.15, -0.1) is 0 Å². The predicted octanol–water partition coefficient (Wildman–Crippen LogP) is 1.89. The molecule has 88 valence electrons. The zero-order chi connectivity index (χ0) is 12.3. The van der Waals surface area contributed by atoms with Crippen LogP contribution in [0.2, 0.25) is 0 Å². The van der Waals surface area contributed by atoms with Gasteiger partial charge in [0.25, 0.3) is 0 Å². The van der Waals surface area contributed by atoms with Gasteiger partial charge in [0.2, 0.25) is 0 Å². The lowest BCUT2D eigenvalue weighted by Gasteiger charge is -2.15. The van der Waals surface area contributed by atoms with Crippen LogP contribution in [0.15, 0.2) is 16.6 Å². The summed E-state index contributed by atoms with van der Waals surface area (Å²) in [6.07, 6.45) is 0. The smallest absolute Gasteiger partial charge is 0.312 e. The first-order chi connectivity index (χ1) is 7.51. The molecule has 0 bridgehead atoms. The number of carbonyl (C=O) groups is 1. The van der Waals surface area contributed by atoms with Gasteiger partial charge in [0.05, 0.1) is 13.0 Å². The summed E-state index contributed by atoms with van der Waals surface area (Å²) < 4.78 is 5.92. The Balaban J connectivity index is 3.30. The Morgan fingerprint density at radius 2 is 2.25 bits per heavy atom. The van der Waals surface area contributed by atoms with Gasteiger partial charge in [0, 0.05) is 11.0 Å². The zero-order valence-electron chi connectivity index (χ0n) is 9.16. The van der Waals surface area contributed by atoms with Gasteiger partial charge in [-0.05, 0) is 30.2 Å². The van der Waals surface area contributed by atoms with Crippen molar-refractivity contribution < 1.29 is 14.6 Å². The van der Waals surface area contributed by atoms with Crippen LogP contribution in [0, 0.1) is 6.92 Å². The van der Waals surface area contributed by atoms with Gasteiger partial charge in [-0.25, -0.2) is 0 Å². The number of nitrogens with two attached hydrogens (primary N) is 1. The number of carboxylic acid groups (broad SMARTS) is 1. The summed E-state index contributed by atoms with van der Waals surface area (Å²) in [6.45, 7) is 1.92. The van der Waals surface area contributed by atoms with Crippen molar-refractivity contribution in [2.75, 3.05) is 13.7 Å². The van der Waals surface area contributed by atoms with E-state index in [0.29, 0.717) is 11.3 Å². The molecule has 0 fully saturated rings. The highest BCUT2D eigenvalue weighted by molar-refractivity contribution is 9.10. The molecule has 0 radical (unpaired) electrons. The van der Waals surface area contributed by atoms with E-state index in [2.05, 4.69) is 15.9 Å². The Morgan fingerprint density at radius 3 is 2.69 bits per heavy atom. The summed E-state index contributed by atoms with van der Waals surface area (Å²) in [5, 5.41) is 9.07. The van der Waals surface area contributed by atoms with Gasteiger partial charge in [0.1, 0.15) is 5.75 Å². The summed E-state index contributed by atoms with van der Waals surface area (Å²) in [5.74, 6) is -1.01. The highest BCUT2D eigenvalue weighted by atomic mass is 79.9. The first-order valence-electron chi connectivity index (χ1n) is 4.78. The van der Waals surface area contributed by atoms with Crippen molar-refractivity contribution in [2.24, 2.45) is 5.73 Å². The van der Waals surface area contributed by atoms with Crippen molar-refractivity contribution in [2.45, 2.75) is 12.8 Å². The maximum Gasteiger partial charge on any atom is 0.312 e. The fraction of sp³-hybridized carbons (Fsp3) is 0.364. The van der Waals surface area contributed by atoms with Crippen LogP contribution in [0.5, 0.6) is 5.75 Å². The molecule has 16 heavy (non-hydrogen) atoms. The Bertz CT molecular complexity index is 406. The quantitative estimate of drug-likeness (QED) is 0.887. The molecule has 0 aliphatic rings. The first kappa shape index (κ1) is 13.0. The van der Waals surface area contributed by atoms with Crippen LogP contribution in [-0.4, -0.2) is 24.7 Å². The lowest BCUT2D eigenvalue weighted by atomic mass is 9.95. The van der Waals surface area contributed by atoms with Gasteiger partial charge in [-0.3, -0.25) is 4.79 Å². The number of rotatable bonds is 4. The third-order valence-electron chi connectivity index (χ3n) is 2.50. The molecule has 5 heteroatoms. The SMILES string of the molecule is COc1cc(Br)c(C)c(C(CN)C(=O)O)c1. The minimum atomic E-state index is -0.925. The molecule has 1 aromatic rings. The minimum Gasteiger partial charge on any atom is -0.497 e. The molecular weight excluding hydrogens is 274 g/mol. The second kappa shape index (κ2) is 5.32. The van der Waals surface area contributed by atoms with E-state index >= 15 is 0 Å². The molecule has 0 aliphatic carbocycles. The van der Waals surface area contributed by atoms with Crippen LogP contribution < -0.4 is 10.5 Å². The van der Waals surface area contributed by atoms with E-state index in [1.807, 2.05) is 6.92 Å². The number of halogens is 1. The van der Waals surface area contributed by atoms with E-state index in [4.69, 9.17) is 15.6 Å². The molecule has 3 N–H and O–H groups in total. The van der Waals surface area contributed by atoms with Gasteiger partial charge < -0.3 is 15.6 Å². The highest BCUT2D eigenvalue weighted by Gasteiger charge is 2.21. The Kier molecular flexibility index (Phi) is 4.32. The van der Waals surface area contributed by atoms with E-state index in [-0.39, 0.29) is 6.54 Å². The zero-order valence-corrected chi connectivity index (χ0v) is 10.7. The highest BCUT2D eigenvalue weighted by Crippen LogP contribution is 2.30. The maximum absolute atomic E-state index is 11.1. The van der Waals surface area contributed by atoms with Crippen molar-refractivity contribution in [3.63, 3.8) is 0 Å². The predicted molar refractivity (Wildman–Crippen MR) is 64.9 cm³/mol. The normalized spacial score (nSPS) is 12.2. The lowest BCUT2D eigenvalue weighted by Crippen LogP contribution is -2.22. The molecule has 0 amide bonds. The van der Waals surface area contributed by atoms with Crippen LogP contribution in [0.3, 0.4) is 0 Å². The molecule has 0 aromatic heterocycles. The molecule has 0 saturated carbocycles. The molecule has 4 nitrogen and oxygen atoms in total. The van der Waals surface area contributed by atoms with Crippen molar-refractivity contribution in [3.8, 4) is 5.75 Å². The molecule has 0 aliphatic heterocycles. The summed E-state index contributed by atoms with van der Waals surface area (Å²) in [5.41, 5.74) is 7.03. The summed E-state index contributed by atoms with van der Waals surface area (Å²) in [4.78, 5) is 11.1. The van der Waals surface area contributed by atoms with Gasteiger partial charge in [0.15, 0.2) is 0 Å². The molecular formula is C11H14BrNO3. The van der Waals surface area contributed by atoms with Gasteiger partial charge >= 0.3 is 5.97 Å². The monoisotopic (exact) mass is 287 g/mol. The molecule has 1 unspecified atom stereocenters. The van der Waals surface area contributed by atoms with E-state index in [9.17, 15) is 4.79 Å². The van der Waals surface area contributed by atoms with E-state index in [1.165, 1.54) is 0 Å². The fourth-order valence-corrected chi connectivity index (χ4v) is 1.97. The van der Waals surface area contributed by atoms with Crippen molar-refractivity contribution in [1.82, 2.24) is 0 Å². The Morgan fingerprint density at radius 1 is 1.62 bits per heavy atom. The third-order valence-corrected chi connectivity index (χ3v) is 3.33. The van der Waals surface area contributed by atoms with Crippen LogP contribution in [0.1, 0.15) is 17.0 Å². The molecule has 1 rings (SSSR count). The molecule has 1 aromatic carbocycles. The number of ether oxygens (including phenoxy) is 1. The maximum atomic E-state index is 11.1. The average molecular weight is 288 g/mol. The van der Waals surface area contributed by atoms with Gasteiger partial charge in [-0.1, -0.05) is 15.9 Å². The largest absolute Gasteiger partial charge is 0.497 e. The lowest BCUT2D eigenvalue weighted by molar-refractivity contribution is -0.138. The van der Waals surface area contributed by atoms with Crippen molar-refractivity contribution in [1.29, 1.82) is 0 Å². The second-order valence-electron chi connectivity index (χ2n) is 3.45. The first-order valence-corrected chi connectivity index (χ1v) is 5.57. The van der Waals surface area contributed by atoms with Crippen LogP contribution >= 0.6 is 15.9 Å². The number of hydrogen-bond acceptors (Lipinski definition) is 3. The standard InChI is InChI=1S/C11H14BrNO3/c1-6-8(9(5-13)11(14)15)3-7(16-2)4-10(6)12/h3-4,9H,5,13H2,1-2H3,(H,14,15). The molecule has 0 saturated heterocycles. The number of methoxy groups -OCH3 is 1. The van der Waals surface area contributed by atoms with Crippen LogP contribution in [0.4, 0.5) is 0 Å². The van der Waals surface area contributed by atoms with E-state index in [1.54, 1.807) is 19.2 Å². The Labute approximate surface area is 103 Å². The Hall–Kier alpha value is -1.07. The molecule has 0 heterocycles. The summed E-state index contributed by atoms with van der Waals surface area (Å²) in [7, 11) is 1.54. The second-order valence-corrected chi connectivity index (χ2v) is 4.30. The minimum absolute atomic E-state index is 0.0653. The third kappa shape index (κ3) is 2.54. The summed E-state index contributed by atoms with van der Waals surface area (Å²) >= 11 is 3.37. The molecule has 1 atom stereocenters. The summed E-state index contributed by atoms with van der Waals surface area (Å²) in [6, 6.07) is 3.51. The van der Waals surface area contributed by atoms with Gasteiger partial charge in [-0.2, -0.15) is 0 Å². The van der Waals surface area contributed by atoms with Crippen LogP contribution in [0.25, 0.3) is 0 Å². The number of carboxylic acids is 1. The van der Waals surface area contributed by atoms with Crippen molar-refractivity contribution >= 4 is 21.9 Å². The number of benzene rings is 1. The fourth-order valence-electron chi connectivity index (χ4n) is 1.51. The molecule has 0 spiro atoms. The average Bonchev–Trinajstić information content (AvgIpc) is 2.24. The number of aliphatic carboxylic acids is 1. The number of hydrogen-bond donors (Lipinski definition) is 2. The van der Waals surface area contributed by atoms with Crippen LogP contribution in [-0.2, 0) is 4.79 Å². The van der Waals surface area contributed by atoms with E-state index in [0.717, 1.165) is 10.0 Å². The van der Waals surface area contributed by atoms with Crippen molar-refractivity contribution in [3.05, 3.63) is 27.7 Å². The van der Waals surface area contributed by atoms with E-state index < -0.39 is 11.9 Å².